The number of fused-ring (bicyclic) bond motifs is 2. The Balaban J connectivity index is 1.54. The van der Waals surface area contributed by atoms with Gasteiger partial charge in [0.15, 0.2) is 11.6 Å². The number of hydrogen-bond acceptors (Lipinski definition) is 4. The molecular weight excluding hydrogens is 536 g/mol. The van der Waals surface area contributed by atoms with Gasteiger partial charge in [-0.05, 0) is 97.8 Å². The summed E-state index contributed by atoms with van der Waals surface area (Å²) < 4.78 is 0. The zero-order chi connectivity index (χ0) is 29.6. The van der Waals surface area contributed by atoms with Gasteiger partial charge in [-0.3, -0.25) is 19.6 Å². The molecule has 6 aromatic rings. The van der Waals surface area contributed by atoms with Gasteiger partial charge in [-0.15, -0.1) is 0 Å². The third kappa shape index (κ3) is 4.07. The van der Waals surface area contributed by atoms with E-state index in [9.17, 15) is 0 Å². The summed E-state index contributed by atoms with van der Waals surface area (Å²) in [7, 11) is 0. The van der Waals surface area contributed by atoms with E-state index in [1.165, 1.54) is 11.1 Å². The van der Waals surface area contributed by atoms with Crippen molar-refractivity contribution in [3.05, 3.63) is 180 Å². The van der Waals surface area contributed by atoms with Crippen molar-refractivity contribution in [3.8, 4) is 0 Å². The second-order valence-corrected chi connectivity index (χ2v) is 11.2. The number of rotatable bonds is 4. The third-order valence-corrected chi connectivity index (χ3v) is 8.54. The van der Waals surface area contributed by atoms with Crippen LogP contribution in [-0.4, -0.2) is 0 Å². The Morgan fingerprint density at radius 2 is 0.545 bits per heavy atom. The molecule has 0 radical (unpaired) electrons. The zero-order valence-electron chi connectivity index (χ0n) is 24.8. The van der Waals surface area contributed by atoms with Crippen LogP contribution in [-0.2, 0) is 0 Å². The Labute approximate surface area is 259 Å². The summed E-state index contributed by atoms with van der Waals surface area (Å²) in [5, 5.41) is 0. The average molecular weight is 569 g/mol. The fraction of sp³-hybridized carbons (Fsp3) is 0.0500. The van der Waals surface area contributed by atoms with Crippen molar-refractivity contribution in [1.29, 1.82) is 0 Å². The van der Waals surface area contributed by atoms with Crippen LogP contribution in [0.2, 0.25) is 0 Å². The Morgan fingerprint density at radius 1 is 0.295 bits per heavy atom. The molecule has 212 valence electrons. The fourth-order valence-corrected chi connectivity index (χ4v) is 6.40. The van der Waals surface area contributed by atoms with Crippen LogP contribution in [0.1, 0.15) is 11.1 Å². The number of anilines is 8. The normalized spacial score (nSPS) is 13.9. The highest BCUT2D eigenvalue weighted by molar-refractivity contribution is 6.00. The largest absolute Gasteiger partial charge is 0.291 e. The van der Waals surface area contributed by atoms with E-state index in [2.05, 4.69) is 191 Å². The molecule has 0 aromatic heterocycles. The van der Waals surface area contributed by atoms with Gasteiger partial charge in [-0.1, -0.05) is 84.9 Å². The molecule has 2 aliphatic heterocycles. The van der Waals surface area contributed by atoms with Crippen molar-refractivity contribution in [3.63, 3.8) is 0 Å². The highest BCUT2D eigenvalue weighted by Crippen LogP contribution is 2.57. The highest BCUT2D eigenvalue weighted by Gasteiger charge is 2.44. The molecule has 0 bridgehead atoms. The molecular formula is C40H32N4. The molecule has 0 spiro atoms. The van der Waals surface area contributed by atoms with E-state index in [0.717, 1.165) is 57.1 Å². The van der Waals surface area contributed by atoms with Crippen molar-refractivity contribution in [2.24, 2.45) is 0 Å². The maximum absolute atomic E-state index is 2.43. The van der Waals surface area contributed by atoms with Gasteiger partial charge in [0.05, 0.1) is 22.7 Å². The molecule has 2 heterocycles. The first-order chi connectivity index (χ1) is 21.7. The van der Waals surface area contributed by atoms with Crippen molar-refractivity contribution in [1.82, 2.24) is 0 Å². The molecule has 0 saturated carbocycles. The lowest BCUT2D eigenvalue weighted by molar-refractivity contribution is 1.01. The Bertz CT molecular complexity index is 1840. The minimum Gasteiger partial charge on any atom is -0.291 e. The Kier molecular flexibility index (Phi) is 6.20. The van der Waals surface area contributed by atoms with Crippen LogP contribution in [0, 0.1) is 13.8 Å². The van der Waals surface area contributed by atoms with Crippen molar-refractivity contribution < 1.29 is 0 Å². The maximum Gasteiger partial charge on any atom is 0.166 e. The van der Waals surface area contributed by atoms with Gasteiger partial charge in [0.2, 0.25) is 0 Å². The lowest BCUT2D eigenvalue weighted by Gasteiger charge is -2.34. The lowest BCUT2D eigenvalue weighted by Crippen LogP contribution is -2.33. The minimum absolute atomic E-state index is 1.06. The summed E-state index contributed by atoms with van der Waals surface area (Å²) in [5.74, 6) is 2.12. The summed E-state index contributed by atoms with van der Waals surface area (Å²) in [6, 6.07) is 56.3. The lowest BCUT2D eigenvalue weighted by atomic mass is 10.1. The molecule has 2 aliphatic rings. The van der Waals surface area contributed by atoms with Gasteiger partial charge in [0.25, 0.3) is 0 Å². The highest BCUT2D eigenvalue weighted by atomic mass is 15.5. The maximum atomic E-state index is 2.43. The summed E-state index contributed by atoms with van der Waals surface area (Å²) in [6.07, 6.45) is 0. The smallest absolute Gasteiger partial charge is 0.166 e. The predicted octanol–water partition coefficient (Wildman–Crippen LogP) is 10.7. The molecule has 8 rings (SSSR count). The van der Waals surface area contributed by atoms with Gasteiger partial charge in [-0.25, -0.2) is 0 Å². The van der Waals surface area contributed by atoms with E-state index in [4.69, 9.17) is 0 Å². The second kappa shape index (κ2) is 10.5. The molecule has 6 aromatic carbocycles. The van der Waals surface area contributed by atoms with Crippen LogP contribution < -0.4 is 19.6 Å². The standard InChI is InChI=1S/C40H32N4/c1-29-27-37-38(28-30(29)2)44(34-23-13-6-14-24-34)40(43(37)33-21-11-5-12-22-33)39-41(31-17-7-3-8-18-31)35-25-15-16-26-36(35)42(39)32-19-9-4-10-20-32/h3-28H,1-2H3. The number of aryl methyl sites for hydroxylation is 2. The van der Waals surface area contributed by atoms with E-state index in [1.807, 2.05) is 0 Å². The van der Waals surface area contributed by atoms with Crippen LogP contribution >= 0.6 is 0 Å². The van der Waals surface area contributed by atoms with Crippen LogP contribution in [0.15, 0.2) is 169 Å². The quantitative estimate of drug-likeness (QED) is 0.210. The first kappa shape index (κ1) is 25.9. The van der Waals surface area contributed by atoms with E-state index < -0.39 is 0 Å². The number of hydrogen-bond donors (Lipinski definition) is 0. The van der Waals surface area contributed by atoms with Gasteiger partial charge < -0.3 is 0 Å². The number of nitrogens with zero attached hydrogens (tertiary/aromatic N) is 4. The molecule has 0 amide bonds. The molecule has 0 saturated heterocycles. The average Bonchev–Trinajstić information content (AvgIpc) is 3.59. The van der Waals surface area contributed by atoms with Crippen LogP contribution in [0.4, 0.5) is 45.5 Å². The van der Waals surface area contributed by atoms with Crippen LogP contribution in [0.5, 0.6) is 0 Å². The van der Waals surface area contributed by atoms with E-state index in [-0.39, 0.29) is 0 Å². The number of benzene rings is 6. The first-order valence-corrected chi connectivity index (χ1v) is 15.1. The molecule has 4 heteroatoms. The SMILES string of the molecule is Cc1cc2c(cc1C)N(c1ccccc1)C(=C1N(c3ccccc3)c3ccccc3N1c1ccccc1)N2c1ccccc1. The minimum atomic E-state index is 1.06. The van der Waals surface area contributed by atoms with E-state index in [1.54, 1.807) is 0 Å². The summed E-state index contributed by atoms with van der Waals surface area (Å²) >= 11 is 0. The molecule has 44 heavy (non-hydrogen) atoms. The van der Waals surface area contributed by atoms with Gasteiger partial charge in [0, 0.05) is 22.7 Å². The van der Waals surface area contributed by atoms with Crippen molar-refractivity contribution in [2.45, 2.75) is 13.8 Å². The Hall–Kier alpha value is -5.74. The number of para-hydroxylation sites is 6. The monoisotopic (exact) mass is 568 g/mol. The molecule has 0 atom stereocenters. The van der Waals surface area contributed by atoms with Crippen molar-refractivity contribution in [2.75, 3.05) is 19.6 Å². The summed E-state index contributed by atoms with van der Waals surface area (Å²) in [4.78, 5) is 9.69. The van der Waals surface area contributed by atoms with Crippen LogP contribution in [0.3, 0.4) is 0 Å². The molecule has 0 aliphatic carbocycles. The predicted molar refractivity (Wildman–Crippen MR) is 184 cm³/mol. The fourth-order valence-electron chi connectivity index (χ4n) is 6.40. The molecule has 0 N–H and O–H groups in total. The topological polar surface area (TPSA) is 13.0 Å². The summed E-state index contributed by atoms with van der Waals surface area (Å²) in [6.45, 7) is 4.41. The third-order valence-electron chi connectivity index (χ3n) is 8.54. The van der Waals surface area contributed by atoms with Gasteiger partial charge in [0.1, 0.15) is 0 Å². The second-order valence-electron chi connectivity index (χ2n) is 11.2. The van der Waals surface area contributed by atoms with E-state index in [0.29, 0.717) is 0 Å². The Morgan fingerprint density at radius 3 is 0.841 bits per heavy atom. The van der Waals surface area contributed by atoms with Crippen molar-refractivity contribution >= 4 is 45.5 Å². The molecule has 0 unspecified atom stereocenters. The van der Waals surface area contributed by atoms with Gasteiger partial charge in [-0.2, -0.15) is 0 Å². The van der Waals surface area contributed by atoms with Crippen LogP contribution in [0.25, 0.3) is 0 Å². The van der Waals surface area contributed by atoms with Gasteiger partial charge >= 0.3 is 0 Å². The molecule has 0 fully saturated rings. The summed E-state index contributed by atoms with van der Waals surface area (Å²) in [5.41, 5.74) is 11.5. The molecule has 4 nitrogen and oxygen atoms in total. The van der Waals surface area contributed by atoms with E-state index >= 15 is 0 Å². The first-order valence-electron chi connectivity index (χ1n) is 15.1. The zero-order valence-corrected chi connectivity index (χ0v) is 24.8.